The van der Waals surface area contributed by atoms with Crippen LogP contribution in [0.4, 0.5) is 11.8 Å². The molecule has 3 heterocycles. The first-order valence-electron chi connectivity index (χ1n) is 6.24. The molecule has 6 heteroatoms. The Morgan fingerprint density at radius 3 is 3.00 bits per heavy atom. The van der Waals surface area contributed by atoms with Crippen molar-refractivity contribution in [3.8, 4) is 0 Å². The van der Waals surface area contributed by atoms with Gasteiger partial charge in [-0.1, -0.05) is 6.07 Å². The summed E-state index contributed by atoms with van der Waals surface area (Å²) >= 11 is 0. The zero-order valence-corrected chi connectivity index (χ0v) is 10.6. The van der Waals surface area contributed by atoms with Crippen molar-refractivity contribution < 1.29 is 0 Å². The number of nitrogen functional groups attached to an aromatic ring is 2. The second-order valence-electron chi connectivity index (χ2n) is 4.71. The molecule has 1 aliphatic heterocycles. The maximum Gasteiger partial charge on any atom is 0.220 e. The van der Waals surface area contributed by atoms with Gasteiger partial charge in [0.1, 0.15) is 5.82 Å². The summed E-state index contributed by atoms with van der Waals surface area (Å²) in [7, 11) is 0. The third-order valence-electron chi connectivity index (χ3n) is 3.35. The molecule has 0 amide bonds. The number of anilines is 2. The van der Waals surface area contributed by atoms with Crippen molar-refractivity contribution in [2.45, 2.75) is 19.5 Å². The molecule has 0 saturated carbocycles. The number of rotatable bonds is 2. The first kappa shape index (κ1) is 11.9. The SMILES string of the molecule is Nc1ncc2c(n1)CCN(Cc1cccnc1N)C2. The average molecular weight is 256 g/mol. The Morgan fingerprint density at radius 2 is 2.16 bits per heavy atom. The Bertz CT molecular complexity index is 597. The van der Waals surface area contributed by atoms with E-state index in [-0.39, 0.29) is 0 Å². The van der Waals surface area contributed by atoms with Crippen molar-refractivity contribution in [3.63, 3.8) is 0 Å². The zero-order valence-electron chi connectivity index (χ0n) is 10.6. The molecule has 6 nitrogen and oxygen atoms in total. The summed E-state index contributed by atoms with van der Waals surface area (Å²) in [4.78, 5) is 14.8. The number of nitrogens with zero attached hydrogens (tertiary/aromatic N) is 4. The van der Waals surface area contributed by atoms with E-state index in [0.717, 1.165) is 42.9 Å². The molecule has 19 heavy (non-hydrogen) atoms. The van der Waals surface area contributed by atoms with Crippen LogP contribution in [-0.2, 0) is 19.5 Å². The van der Waals surface area contributed by atoms with Crippen LogP contribution in [0.15, 0.2) is 24.5 Å². The number of nitrogens with two attached hydrogens (primary N) is 2. The van der Waals surface area contributed by atoms with Crippen LogP contribution in [0.25, 0.3) is 0 Å². The molecule has 0 unspecified atom stereocenters. The molecule has 2 aromatic rings. The predicted molar refractivity (Wildman–Crippen MR) is 72.9 cm³/mol. The van der Waals surface area contributed by atoms with Gasteiger partial charge in [0, 0.05) is 49.6 Å². The van der Waals surface area contributed by atoms with Crippen molar-refractivity contribution >= 4 is 11.8 Å². The Kier molecular flexibility index (Phi) is 3.00. The van der Waals surface area contributed by atoms with Crippen molar-refractivity contribution in [2.24, 2.45) is 0 Å². The molecule has 0 bridgehead atoms. The van der Waals surface area contributed by atoms with Crippen molar-refractivity contribution in [3.05, 3.63) is 41.3 Å². The monoisotopic (exact) mass is 256 g/mol. The summed E-state index contributed by atoms with van der Waals surface area (Å²) in [6, 6.07) is 3.92. The molecule has 1 aliphatic rings. The Hall–Kier alpha value is -2.21. The smallest absolute Gasteiger partial charge is 0.220 e. The van der Waals surface area contributed by atoms with Gasteiger partial charge in [-0.2, -0.15) is 0 Å². The van der Waals surface area contributed by atoms with Crippen LogP contribution in [0.3, 0.4) is 0 Å². The topological polar surface area (TPSA) is 94.0 Å². The van der Waals surface area contributed by atoms with Gasteiger partial charge >= 0.3 is 0 Å². The summed E-state index contributed by atoms with van der Waals surface area (Å²) in [6.45, 7) is 2.56. The fourth-order valence-electron chi connectivity index (χ4n) is 2.35. The highest BCUT2D eigenvalue weighted by molar-refractivity contribution is 5.38. The lowest BCUT2D eigenvalue weighted by Crippen LogP contribution is -2.31. The first-order valence-corrected chi connectivity index (χ1v) is 6.24. The highest BCUT2D eigenvalue weighted by Gasteiger charge is 2.18. The van der Waals surface area contributed by atoms with Gasteiger partial charge in [0.25, 0.3) is 0 Å². The molecule has 0 aliphatic carbocycles. The molecule has 2 aromatic heterocycles. The molecule has 98 valence electrons. The van der Waals surface area contributed by atoms with E-state index in [9.17, 15) is 0 Å². The van der Waals surface area contributed by atoms with Crippen LogP contribution in [-0.4, -0.2) is 26.4 Å². The number of hydrogen-bond donors (Lipinski definition) is 2. The number of hydrogen-bond acceptors (Lipinski definition) is 6. The van der Waals surface area contributed by atoms with Gasteiger partial charge in [-0.15, -0.1) is 0 Å². The van der Waals surface area contributed by atoms with Gasteiger partial charge in [-0.25, -0.2) is 15.0 Å². The van der Waals surface area contributed by atoms with E-state index in [1.807, 2.05) is 18.3 Å². The van der Waals surface area contributed by atoms with Crippen molar-refractivity contribution in [2.75, 3.05) is 18.0 Å². The zero-order chi connectivity index (χ0) is 13.2. The highest BCUT2D eigenvalue weighted by Crippen LogP contribution is 2.20. The van der Waals surface area contributed by atoms with E-state index in [0.29, 0.717) is 11.8 Å². The third kappa shape index (κ3) is 2.48. The molecule has 4 N–H and O–H groups in total. The molecule has 0 spiro atoms. The minimum absolute atomic E-state index is 0.351. The van der Waals surface area contributed by atoms with E-state index >= 15 is 0 Å². The quantitative estimate of drug-likeness (QED) is 0.817. The third-order valence-corrected chi connectivity index (χ3v) is 3.35. The Balaban J connectivity index is 1.76. The van der Waals surface area contributed by atoms with Crippen LogP contribution in [0.2, 0.25) is 0 Å². The van der Waals surface area contributed by atoms with Crippen LogP contribution in [0, 0.1) is 0 Å². The standard InChI is InChI=1S/C13H16N6/c14-12-9(2-1-4-16-12)7-19-5-3-11-10(8-19)6-17-13(15)18-11/h1-2,4,6H,3,5,7-8H2,(H2,14,16)(H2,15,17,18). The predicted octanol–water partition coefficient (Wildman–Crippen LogP) is 0.594. The van der Waals surface area contributed by atoms with Crippen LogP contribution >= 0.6 is 0 Å². The summed E-state index contributed by atoms with van der Waals surface area (Å²) in [6.07, 6.45) is 4.42. The summed E-state index contributed by atoms with van der Waals surface area (Å²) in [5, 5.41) is 0. The first-order chi connectivity index (χ1) is 9.22. The molecule has 0 atom stereocenters. The summed E-state index contributed by atoms with van der Waals surface area (Å²) in [5.74, 6) is 0.950. The second kappa shape index (κ2) is 4.81. The average Bonchev–Trinajstić information content (AvgIpc) is 2.41. The van der Waals surface area contributed by atoms with E-state index < -0.39 is 0 Å². The second-order valence-corrected chi connectivity index (χ2v) is 4.71. The molecule has 0 fully saturated rings. The maximum atomic E-state index is 5.87. The molecule has 3 rings (SSSR count). The number of fused-ring (bicyclic) bond motifs is 1. The van der Waals surface area contributed by atoms with Gasteiger partial charge in [0.05, 0.1) is 5.69 Å². The van der Waals surface area contributed by atoms with Gasteiger partial charge in [-0.05, 0) is 6.07 Å². The van der Waals surface area contributed by atoms with E-state index in [1.54, 1.807) is 6.20 Å². The summed E-state index contributed by atoms with van der Waals surface area (Å²) < 4.78 is 0. The van der Waals surface area contributed by atoms with Gasteiger partial charge in [-0.3, -0.25) is 4.90 Å². The fraction of sp³-hybridized carbons (Fsp3) is 0.308. The highest BCUT2D eigenvalue weighted by atomic mass is 15.1. The van der Waals surface area contributed by atoms with Gasteiger partial charge in [0.15, 0.2) is 0 Å². The van der Waals surface area contributed by atoms with Gasteiger partial charge < -0.3 is 11.5 Å². The lowest BCUT2D eigenvalue weighted by molar-refractivity contribution is 0.243. The molecular formula is C13H16N6. The van der Waals surface area contributed by atoms with E-state index in [2.05, 4.69) is 19.9 Å². The number of aromatic nitrogens is 3. The molecule has 0 saturated heterocycles. The number of pyridine rings is 1. The van der Waals surface area contributed by atoms with Crippen molar-refractivity contribution in [1.82, 2.24) is 19.9 Å². The lowest BCUT2D eigenvalue weighted by Gasteiger charge is -2.28. The summed E-state index contributed by atoms with van der Waals surface area (Å²) in [5.41, 5.74) is 14.7. The Morgan fingerprint density at radius 1 is 1.26 bits per heavy atom. The fourth-order valence-corrected chi connectivity index (χ4v) is 2.35. The van der Waals surface area contributed by atoms with Crippen molar-refractivity contribution in [1.29, 1.82) is 0 Å². The van der Waals surface area contributed by atoms with Crippen LogP contribution in [0.1, 0.15) is 16.8 Å². The largest absolute Gasteiger partial charge is 0.383 e. The minimum Gasteiger partial charge on any atom is -0.383 e. The normalized spacial score (nSPS) is 15.2. The van der Waals surface area contributed by atoms with Gasteiger partial charge in [0.2, 0.25) is 5.95 Å². The minimum atomic E-state index is 0.351. The maximum absolute atomic E-state index is 5.87. The molecular weight excluding hydrogens is 240 g/mol. The van der Waals surface area contributed by atoms with Crippen LogP contribution in [0.5, 0.6) is 0 Å². The van der Waals surface area contributed by atoms with Crippen LogP contribution < -0.4 is 11.5 Å². The lowest BCUT2D eigenvalue weighted by atomic mass is 10.1. The van der Waals surface area contributed by atoms with E-state index in [4.69, 9.17) is 11.5 Å². The molecule has 0 radical (unpaired) electrons. The van der Waals surface area contributed by atoms with E-state index in [1.165, 1.54) is 0 Å². The Labute approximate surface area is 111 Å². The molecule has 0 aromatic carbocycles.